The molecule has 26 heavy (non-hydrogen) atoms. The van der Waals surface area contributed by atoms with Gasteiger partial charge < -0.3 is 13.9 Å². The summed E-state index contributed by atoms with van der Waals surface area (Å²) in [5.41, 5.74) is 1.78. The van der Waals surface area contributed by atoms with Gasteiger partial charge in [0.1, 0.15) is 11.3 Å². The van der Waals surface area contributed by atoms with Crippen LogP contribution in [0.1, 0.15) is 26.5 Å². The van der Waals surface area contributed by atoms with Crippen LogP contribution in [0.4, 0.5) is 0 Å². The van der Waals surface area contributed by atoms with Crippen molar-refractivity contribution < 1.29 is 23.5 Å². The first-order valence-electron chi connectivity index (χ1n) is 7.98. The third-order valence-electron chi connectivity index (χ3n) is 3.91. The monoisotopic (exact) mass is 370 g/mol. The Morgan fingerprint density at radius 2 is 1.81 bits per heavy atom. The summed E-state index contributed by atoms with van der Waals surface area (Å²) in [5, 5.41) is 0.879. The Morgan fingerprint density at radius 1 is 1.08 bits per heavy atom. The van der Waals surface area contributed by atoms with Gasteiger partial charge in [-0.15, -0.1) is 0 Å². The summed E-state index contributed by atoms with van der Waals surface area (Å²) in [5.74, 6) is 0.225. The first-order valence-corrected chi connectivity index (χ1v) is 9.37. The summed E-state index contributed by atoms with van der Waals surface area (Å²) in [6.45, 7) is -0.380. The average Bonchev–Trinajstić information content (AvgIpc) is 3.05. The number of hydrogen-bond acceptors (Lipinski definition) is 6. The Labute approximate surface area is 155 Å². The van der Waals surface area contributed by atoms with E-state index in [1.54, 1.807) is 42.1 Å². The molecule has 1 heterocycles. The molecule has 0 N–H and O–H groups in total. The number of fused-ring (bicyclic) bond motifs is 1. The lowest BCUT2D eigenvalue weighted by Gasteiger charge is -2.08. The van der Waals surface area contributed by atoms with Gasteiger partial charge in [0.25, 0.3) is 0 Å². The highest BCUT2D eigenvalue weighted by atomic mass is 32.2. The Balaban J connectivity index is 1.79. The van der Waals surface area contributed by atoms with Crippen molar-refractivity contribution >= 4 is 34.5 Å². The van der Waals surface area contributed by atoms with Crippen molar-refractivity contribution in [2.75, 3.05) is 20.0 Å². The number of carbonyl (C=O) groups is 2. The lowest BCUT2D eigenvalue weighted by molar-refractivity contribution is 0.0444. The molecule has 0 spiro atoms. The van der Waals surface area contributed by atoms with Gasteiger partial charge in [-0.2, -0.15) is 11.8 Å². The van der Waals surface area contributed by atoms with Crippen LogP contribution in [0.5, 0.6) is 5.75 Å². The van der Waals surface area contributed by atoms with E-state index in [1.807, 2.05) is 24.5 Å². The highest BCUT2D eigenvalue weighted by Crippen LogP contribution is 2.29. The van der Waals surface area contributed by atoms with Crippen LogP contribution in [0.15, 0.2) is 52.9 Å². The molecule has 0 radical (unpaired) electrons. The molecule has 3 rings (SSSR count). The second kappa shape index (κ2) is 8.10. The fourth-order valence-electron chi connectivity index (χ4n) is 2.70. The van der Waals surface area contributed by atoms with Gasteiger partial charge in [-0.25, -0.2) is 4.79 Å². The molecule has 0 atom stereocenters. The van der Waals surface area contributed by atoms with E-state index in [2.05, 4.69) is 0 Å². The zero-order valence-electron chi connectivity index (χ0n) is 14.5. The van der Waals surface area contributed by atoms with E-state index in [-0.39, 0.29) is 18.2 Å². The van der Waals surface area contributed by atoms with E-state index in [9.17, 15) is 9.59 Å². The third-order valence-corrected chi connectivity index (χ3v) is 4.49. The average molecular weight is 370 g/mol. The smallest absolute Gasteiger partial charge is 0.375 e. The van der Waals surface area contributed by atoms with Crippen molar-refractivity contribution in [3.05, 3.63) is 65.4 Å². The Kier molecular flexibility index (Phi) is 5.63. The molecule has 0 fully saturated rings. The fourth-order valence-corrected chi connectivity index (χ4v) is 3.28. The van der Waals surface area contributed by atoms with Crippen molar-refractivity contribution in [1.29, 1.82) is 0 Å². The molecule has 3 aromatic rings. The van der Waals surface area contributed by atoms with Gasteiger partial charge in [-0.3, -0.25) is 4.79 Å². The van der Waals surface area contributed by atoms with Crippen LogP contribution in [0.2, 0.25) is 0 Å². The van der Waals surface area contributed by atoms with Crippen LogP contribution >= 0.6 is 11.8 Å². The zero-order valence-corrected chi connectivity index (χ0v) is 15.3. The second-order valence-corrected chi connectivity index (χ2v) is 6.40. The van der Waals surface area contributed by atoms with Crippen molar-refractivity contribution in [3.63, 3.8) is 0 Å². The van der Waals surface area contributed by atoms with Gasteiger partial charge in [0.05, 0.1) is 12.7 Å². The molecule has 0 unspecified atom stereocenters. The van der Waals surface area contributed by atoms with E-state index in [1.165, 1.54) is 7.11 Å². The number of ketones is 1. The summed E-state index contributed by atoms with van der Waals surface area (Å²) in [6.07, 6.45) is 1.95. The van der Waals surface area contributed by atoms with Gasteiger partial charge in [-0.05, 0) is 24.5 Å². The standard InChI is InChI=1S/C20H18O5S/c1-23-17-9-5-4-8-14(17)16(21)11-24-20(22)19-15(12-26-2)13-7-3-6-10-18(13)25-19/h3-10H,11-12H2,1-2H3. The number of thioether (sulfide) groups is 1. The van der Waals surface area contributed by atoms with Gasteiger partial charge in [0.15, 0.2) is 6.61 Å². The molecule has 5 nitrogen and oxygen atoms in total. The predicted octanol–water partition coefficient (Wildman–Crippen LogP) is 4.34. The predicted molar refractivity (Wildman–Crippen MR) is 101 cm³/mol. The molecule has 134 valence electrons. The first-order chi connectivity index (χ1) is 12.7. The van der Waals surface area contributed by atoms with Crippen LogP contribution in [-0.4, -0.2) is 31.7 Å². The third kappa shape index (κ3) is 3.60. The molecule has 0 aliphatic rings. The van der Waals surface area contributed by atoms with Crippen molar-refractivity contribution in [2.24, 2.45) is 0 Å². The number of benzene rings is 2. The van der Waals surface area contributed by atoms with Gasteiger partial charge in [0, 0.05) is 16.7 Å². The highest BCUT2D eigenvalue weighted by molar-refractivity contribution is 7.97. The molecule has 1 aromatic heterocycles. The molecule has 0 amide bonds. The summed E-state index contributed by atoms with van der Waals surface area (Å²) in [7, 11) is 1.49. The van der Waals surface area contributed by atoms with Crippen LogP contribution in [0, 0.1) is 0 Å². The molecular formula is C20H18O5S. The van der Waals surface area contributed by atoms with E-state index >= 15 is 0 Å². The first kappa shape index (κ1) is 18.1. The van der Waals surface area contributed by atoms with Gasteiger partial charge in [-0.1, -0.05) is 30.3 Å². The van der Waals surface area contributed by atoms with E-state index in [0.29, 0.717) is 22.6 Å². The number of carbonyl (C=O) groups excluding carboxylic acids is 2. The summed E-state index contributed by atoms with van der Waals surface area (Å²) >= 11 is 1.58. The van der Waals surface area contributed by atoms with Crippen LogP contribution < -0.4 is 4.74 Å². The summed E-state index contributed by atoms with van der Waals surface area (Å²) < 4.78 is 16.1. The molecule has 0 saturated carbocycles. The maximum absolute atomic E-state index is 12.5. The summed E-state index contributed by atoms with van der Waals surface area (Å²) in [6, 6.07) is 14.3. The van der Waals surface area contributed by atoms with Crippen LogP contribution in [0.25, 0.3) is 11.0 Å². The number of esters is 1. The van der Waals surface area contributed by atoms with Crippen molar-refractivity contribution in [2.45, 2.75) is 5.75 Å². The molecule has 2 aromatic carbocycles. The van der Waals surface area contributed by atoms with Crippen LogP contribution in [-0.2, 0) is 10.5 Å². The number of hydrogen-bond donors (Lipinski definition) is 0. The molecule has 0 aliphatic carbocycles. The zero-order chi connectivity index (χ0) is 18.5. The SMILES string of the molecule is COc1ccccc1C(=O)COC(=O)c1oc2ccccc2c1CSC. The molecule has 0 aliphatic heterocycles. The fraction of sp³-hybridized carbons (Fsp3) is 0.200. The number of methoxy groups -OCH3 is 1. The topological polar surface area (TPSA) is 65.7 Å². The minimum absolute atomic E-state index is 0.147. The lowest BCUT2D eigenvalue weighted by atomic mass is 10.1. The Hall–Kier alpha value is -2.73. The van der Waals surface area contributed by atoms with E-state index in [0.717, 1.165) is 10.9 Å². The number of ether oxygens (including phenoxy) is 2. The molecule has 6 heteroatoms. The Bertz CT molecular complexity index is 944. The van der Waals surface area contributed by atoms with Gasteiger partial charge in [0.2, 0.25) is 11.5 Å². The number of Topliss-reactive ketones (excluding diaryl/α,β-unsaturated/α-hetero) is 1. The van der Waals surface area contributed by atoms with Crippen molar-refractivity contribution in [1.82, 2.24) is 0 Å². The number of furan rings is 1. The minimum atomic E-state index is -0.645. The maximum atomic E-state index is 12.5. The number of para-hydroxylation sites is 2. The maximum Gasteiger partial charge on any atom is 0.375 e. The van der Waals surface area contributed by atoms with E-state index < -0.39 is 5.97 Å². The lowest BCUT2D eigenvalue weighted by Crippen LogP contribution is -2.15. The normalized spacial score (nSPS) is 10.7. The highest BCUT2D eigenvalue weighted by Gasteiger charge is 2.23. The number of rotatable bonds is 7. The second-order valence-electron chi connectivity index (χ2n) is 5.54. The quantitative estimate of drug-likeness (QED) is 0.455. The molecule has 0 bridgehead atoms. The Morgan fingerprint density at radius 3 is 2.58 bits per heavy atom. The largest absolute Gasteiger partial charge is 0.496 e. The van der Waals surface area contributed by atoms with E-state index in [4.69, 9.17) is 13.9 Å². The molecular weight excluding hydrogens is 352 g/mol. The van der Waals surface area contributed by atoms with Gasteiger partial charge >= 0.3 is 5.97 Å². The van der Waals surface area contributed by atoms with Crippen LogP contribution in [0.3, 0.4) is 0 Å². The summed E-state index contributed by atoms with van der Waals surface area (Å²) in [4.78, 5) is 24.8. The molecule has 0 saturated heterocycles. The minimum Gasteiger partial charge on any atom is -0.496 e. The van der Waals surface area contributed by atoms with Crippen molar-refractivity contribution in [3.8, 4) is 5.75 Å².